The lowest BCUT2D eigenvalue weighted by Crippen LogP contribution is -2.23. The van der Waals surface area contributed by atoms with E-state index in [1.807, 2.05) is 6.07 Å². The number of carbonyl (C=O) groups is 1. The summed E-state index contributed by atoms with van der Waals surface area (Å²) in [5.41, 5.74) is 1.57. The standard InChI is InChI=1S/C17H16N4O4/c1-23-13-4-3-11(9-14(13)24-2)10-19-16(22)17-20-15(21-25-17)12-5-7-18-8-6-12/h3-9H,10H2,1-2H3,(H,19,22). The number of nitrogens with zero attached hydrogens (tertiary/aromatic N) is 3. The molecule has 0 radical (unpaired) electrons. The molecule has 0 saturated heterocycles. The maximum Gasteiger partial charge on any atom is 0.316 e. The Kier molecular flexibility index (Phi) is 4.89. The van der Waals surface area contributed by atoms with Crippen LogP contribution in [0.4, 0.5) is 0 Å². The largest absolute Gasteiger partial charge is 0.493 e. The van der Waals surface area contributed by atoms with Crippen LogP contribution in [0.3, 0.4) is 0 Å². The Labute approximate surface area is 143 Å². The molecule has 0 aliphatic rings. The molecular weight excluding hydrogens is 324 g/mol. The maximum absolute atomic E-state index is 12.2. The first-order valence-corrected chi connectivity index (χ1v) is 7.44. The summed E-state index contributed by atoms with van der Waals surface area (Å²) < 4.78 is 15.4. The zero-order valence-electron chi connectivity index (χ0n) is 13.7. The van der Waals surface area contributed by atoms with Crippen molar-refractivity contribution in [1.29, 1.82) is 0 Å². The summed E-state index contributed by atoms with van der Waals surface area (Å²) in [7, 11) is 3.12. The van der Waals surface area contributed by atoms with Crippen LogP contribution in [0, 0.1) is 0 Å². The van der Waals surface area contributed by atoms with Crippen molar-refractivity contribution in [3.05, 3.63) is 54.2 Å². The molecule has 1 N–H and O–H groups in total. The van der Waals surface area contributed by atoms with Crippen LogP contribution in [0.15, 0.2) is 47.2 Å². The van der Waals surface area contributed by atoms with E-state index in [2.05, 4.69) is 20.4 Å². The number of methoxy groups -OCH3 is 2. The summed E-state index contributed by atoms with van der Waals surface area (Å²) in [5, 5.41) is 6.53. The van der Waals surface area contributed by atoms with Crippen molar-refractivity contribution in [2.45, 2.75) is 6.54 Å². The molecule has 8 nitrogen and oxygen atoms in total. The van der Waals surface area contributed by atoms with E-state index in [0.717, 1.165) is 11.1 Å². The van der Waals surface area contributed by atoms with E-state index < -0.39 is 5.91 Å². The highest BCUT2D eigenvalue weighted by molar-refractivity contribution is 5.89. The number of nitrogens with one attached hydrogen (secondary N) is 1. The van der Waals surface area contributed by atoms with Crippen LogP contribution >= 0.6 is 0 Å². The smallest absolute Gasteiger partial charge is 0.316 e. The highest BCUT2D eigenvalue weighted by Gasteiger charge is 2.16. The van der Waals surface area contributed by atoms with Crippen LogP contribution in [-0.2, 0) is 6.54 Å². The number of pyridine rings is 1. The predicted octanol–water partition coefficient (Wildman–Crippen LogP) is 2.08. The normalized spacial score (nSPS) is 10.3. The Morgan fingerprint density at radius 2 is 1.88 bits per heavy atom. The number of rotatable bonds is 6. The van der Waals surface area contributed by atoms with Crippen molar-refractivity contribution in [2.24, 2.45) is 0 Å². The molecule has 25 heavy (non-hydrogen) atoms. The van der Waals surface area contributed by atoms with Crippen LogP contribution in [0.2, 0.25) is 0 Å². The highest BCUT2D eigenvalue weighted by Crippen LogP contribution is 2.27. The van der Waals surface area contributed by atoms with Crippen molar-refractivity contribution in [3.63, 3.8) is 0 Å². The average molecular weight is 340 g/mol. The zero-order chi connectivity index (χ0) is 17.6. The number of ether oxygens (including phenoxy) is 2. The Morgan fingerprint density at radius 3 is 2.60 bits per heavy atom. The summed E-state index contributed by atoms with van der Waals surface area (Å²) >= 11 is 0. The molecule has 0 spiro atoms. The molecule has 0 atom stereocenters. The fraction of sp³-hybridized carbons (Fsp3) is 0.176. The Balaban J connectivity index is 1.66. The molecule has 3 aromatic rings. The third-order valence-corrected chi connectivity index (χ3v) is 3.46. The van der Waals surface area contributed by atoms with Gasteiger partial charge in [-0.2, -0.15) is 4.98 Å². The highest BCUT2D eigenvalue weighted by atomic mass is 16.5. The Bertz CT molecular complexity index is 864. The number of carbonyl (C=O) groups excluding carboxylic acids is 1. The predicted molar refractivity (Wildman–Crippen MR) is 88.2 cm³/mol. The van der Waals surface area contributed by atoms with Gasteiger partial charge in [-0.1, -0.05) is 11.2 Å². The van der Waals surface area contributed by atoms with E-state index >= 15 is 0 Å². The molecule has 0 bridgehead atoms. The van der Waals surface area contributed by atoms with Gasteiger partial charge in [-0.3, -0.25) is 9.78 Å². The van der Waals surface area contributed by atoms with Gasteiger partial charge in [0.15, 0.2) is 11.5 Å². The van der Waals surface area contributed by atoms with Gasteiger partial charge in [0.25, 0.3) is 0 Å². The minimum Gasteiger partial charge on any atom is -0.493 e. The topological polar surface area (TPSA) is 99.4 Å². The SMILES string of the molecule is COc1ccc(CNC(=O)c2nc(-c3ccncc3)no2)cc1OC. The number of hydrogen-bond acceptors (Lipinski definition) is 7. The van der Waals surface area contributed by atoms with Crippen molar-refractivity contribution < 1.29 is 18.8 Å². The molecule has 0 aliphatic carbocycles. The van der Waals surface area contributed by atoms with Crippen molar-refractivity contribution in [1.82, 2.24) is 20.4 Å². The van der Waals surface area contributed by atoms with Crippen LogP contribution < -0.4 is 14.8 Å². The molecule has 0 fully saturated rings. The lowest BCUT2D eigenvalue weighted by atomic mass is 10.2. The Hall–Kier alpha value is -3.42. The quantitative estimate of drug-likeness (QED) is 0.733. The maximum atomic E-state index is 12.2. The van der Waals surface area contributed by atoms with E-state index in [0.29, 0.717) is 17.3 Å². The molecule has 8 heteroatoms. The number of hydrogen-bond donors (Lipinski definition) is 1. The lowest BCUT2D eigenvalue weighted by Gasteiger charge is -2.09. The van der Waals surface area contributed by atoms with Crippen molar-refractivity contribution in [3.8, 4) is 22.9 Å². The molecule has 2 aromatic heterocycles. The van der Waals surface area contributed by atoms with Gasteiger partial charge in [-0.25, -0.2) is 0 Å². The van der Waals surface area contributed by atoms with Crippen LogP contribution in [0.5, 0.6) is 11.5 Å². The van der Waals surface area contributed by atoms with E-state index in [-0.39, 0.29) is 12.4 Å². The van der Waals surface area contributed by atoms with Crippen molar-refractivity contribution in [2.75, 3.05) is 14.2 Å². The summed E-state index contributed by atoms with van der Waals surface area (Å²) in [6, 6.07) is 8.86. The molecule has 0 saturated carbocycles. The van der Waals surface area contributed by atoms with Gasteiger partial charge in [0, 0.05) is 24.5 Å². The molecule has 1 amide bonds. The lowest BCUT2D eigenvalue weighted by molar-refractivity contribution is 0.0907. The monoisotopic (exact) mass is 340 g/mol. The molecule has 128 valence electrons. The van der Waals surface area contributed by atoms with Crippen LogP contribution in [0.25, 0.3) is 11.4 Å². The summed E-state index contributed by atoms with van der Waals surface area (Å²) in [4.78, 5) is 20.2. The van der Waals surface area contributed by atoms with Gasteiger partial charge in [-0.15, -0.1) is 0 Å². The molecule has 3 rings (SSSR count). The van der Waals surface area contributed by atoms with Gasteiger partial charge in [0.1, 0.15) is 0 Å². The minimum absolute atomic E-state index is 0.104. The number of amides is 1. The summed E-state index contributed by atoms with van der Waals surface area (Å²) in [5.74, 6) is 0.983. The van der Waals surface area contributed by atoms with Gasteiger partial charge in [-0.05, 0) is 29.8 Å². The van der Waals surface area contributed by atoms with E-state index in [1.165, 1.54) is 0 Å². The fourth-order valence-corrected chi connectivity index (χ4v) is 2.18. The summed E-state index contributed by atoms with van der Waals surface area (Å²) in [6.07, 6.45) is 3.23. The average Bonchev–Trinajstić information content (AvgIpc) is 3.17. The summed E-state index contributed by atoms with van der Waals surface area (Å²) in [6.45, 7) is 0.284. The fourth-order valence-electron chi connectivity index (χ4n) is 2.18. The van der Waals surface area contributed by atoms with E-state index in [9.17, 15) is 4.79 Å². The second-order valence-corrected chi connectivity index (χ2v) is 5.03. The third kappa shape index (κ3) is 3.74. The van der Waals surface area contributed by atoms with E-state index in [4.69, 9.17) is 14.0 Å². The van der Waals surface area contributed by atoms with Gasteiger partial charge in [0.05, 0.1) is 14.2 Å². The first-order chi connectivity index (χ1) is 12.2. The van der Waals surface area contributed by atoms with Gasteiger partial charge >= 0.3 is 11.8 Å². The zero-order valence-corrected chi connectivity index (χ0v) is 13.7. The third-order valence-electron chi connectivity index (χ3n) is 3.46. The number of benzene rings is 1. The molecule has 0 aliphatic heterocycles. The molecule has 0 unspecified atom stereocenters. The number of aromatic nitrogens is 3. The van der Waals surface area contributed by atoms with Gasteiger partial charge < -0.3 is 19.3 Å². The second kappa shape index (κ2) is 7.43. The van der Waals surface area contributed by atoms with Crippen LogP contribution in [-0.4, -0.2) is 35.3 Å². The van der Waals surface area contributed by atoms with Gasteiger partial charge in [0.2, 0.25) is 5.82 Å². The minimum atomic E-state index is -0.456. The van der Waals surface area contributed by atoms with E-state index in [1.54, 1.807) is 50.9 Å². The molecular formula is C17H16N4O4. The van der Waals surface area contributed by atoms with Crippen molar-refractivity contribution >= 4 is 5.91 Å². The molecule has 1 aromatic carbocycles. The first kappa shape index (κ1) is 16.4. The van der Waals surface area contributed by atoms with Crippen LogP contribution in [0.1, 0.15) is 16.2 Å². The molecule has 2 heterocycles. The first-order valence-electron chi connectivity index (χ1n) is 7.44. The second-order valence-electron chi connectivity index (χ2n) is 5.03. The Morgan fingerprint density at radius 1 is 1.12 bits per heavy atom.